The number of aliphatic carboxylic acids is 1. The van der Waals surface area contributed by atoms with Crippen molar-refractivity contribution < 1.29 is 25.2 Å². The Morgan fingerprint density at radius 3 is 2.28 bits per heavy atom. The van der Waals surface area contributed by atoms with Crippen molar-refractivity contribution in [2.75, 3.05) is 0 Å². The van der Waals surface area contributed by atoms with E-state index in [0.29, 0.717) is 18.3 Å². The molecule has 0 saturated heterocycles. The summed E-state index contributed by atoms with van der Waals surface area (Å²) in [6, 6.07) is 0. The fourth-order valence-electron chi connectivity index (χ4n) is 11.4. The van der Waals surface area contributed by atoms with Gasteiger partial charge in [0.2, 0.25) is 0 Å². The maximum absolute atomic E-state index is 12.1. The number of allylic oxidation sites excluding steroid dienone is 1. The molecular formula is C31H50O5. The number of rotatable bonds is 2. The van der Waals surface area contributed by atoms with Crippen molar-refractivity contribution >= 4 is 5.97 Å². The van der Waals surface area contributed by atoms with E-state index in [2.05, 4.69) is 47.6 Å². The maximum atomic E-state index is 12.1. The minimum atomic E-state index is -0.932. The Labute approximate surface area is 217 Å². The zero-order chi connectivity index (χ0) is 26.7. The highest BCUT2D eigenvalue weighted by molar-refractivity contribution is 5.68. The molecule has 5 heteroatoms. The van der Waals surface area contributed by atoms with Gasteiger partial charge in [-0.2, -0.15) is 0 Å². The summed E-state index contributed by atoms with van der Waals surface area (Å²) in [5.74, 6) is -0.0480. The lowest BCUT2D eigenvalue weighted by atomic mass is 9.33. The number of fused-ring (bicyclic) bond motifs is 7. The van der Waals surface area contributed by atoms with Gasteiger partial charge < -0.3 is 20.4 Å². The van der Waals surface area contributed by atoms with Crippen LogP contribution in [0.2, 0.25) is 0 Å². The molecule has 0 heterocycles. The molecule has 0 bridgehead atoms. The fraction of sp³-hybridized carbons (Fsp3) is 0.903. The maximum Gasteiger partial charge on any atom is 0.303 e. The first kappa shape index (κ1) is 26.7. The molecule has 4 N–H and O–H groups in total. The first-order chi connectivity index (χ1) is 16.5. The predicted molar refractivity (Wildman–Crippen MR) is 140 cm³/mol. The molecule has 204 valence electrons. The molecule has 0 amide bonds. The number of carboxylic acid groups (broad SMARTS) is 1. The first-order valence-electron chi connectivity index (χ1n) is 14.5. The Balaban J connectivity index is 1.63. The molecule has 0 aromatic carbocycles. The number of hydrogen-bond acceptors (Lipinski definition) is 4. The molecule has 36 heavy (non-hydrogen) atoms. The average molecular weight is 503 g/mol. The largest absolute Gasteiger partial charge is 0.481 e. The molecule has 0 spiro atoms. The van der Waals surface area contributed by atoms with Crippen molar-refractivity contribution in [2.45, 2.75) is 124 Å². The summed E-state index contributed by atoms with van der Waals surface area (Å²) in [4.78, 5) is 12.1. The number of carbonyl (C=O) groups is 1. The molecular weight excluding hydrogens is 452 g/mol. The monoisotopic (exact) mass is 502 g/mol. The van der Waals surface area contributed by atoms with E-state index in [1.54, 1.807) is 0 Å². The summed E-state index contributed by atoms with van der Waals surface area (Å²) in [5, 5.41) is 43.9. The third-order valence-corrected chi connectivity index (χ3v) is 13.7. The van der Waals surface area contributed by atoms with Crippen molar-refractivity contribution in [1.29, 1.82) is 0 Å². The van der Waals surface area contributed by atoms with Crippen LogP contribution in [0.3, 0.4) is 0 Å². The number of carboxylic acids is 1. The van der Waals surface area contributed by atoms with Gasteiger partial charge in [0.1, 0.15) is 0 Å². The van der Waals surface area contributed by atoms with Crippen molar-refractivity contribution in [3.05, 3.63) is 11.6 Å². The minimum Gasteiger partial charge on any atom is -0.481 e. The summed E-state index contributed by atoms with van der Waals surface area (Å²) >= 11 is 0. The molecule has 5 aliphatic rings. The predicted octanol–water partition coefficient (Wildman–Crippen LogP) is 5.57. The second-order valence-electron chi connectivity index (χ2n) is 15.4. The second-order valence-corrected chi connectivity index (χ2v) is 15.4. The smallest absolute Gasteiger partial charge is 0.303 e. The van der Waals surface area contributed by atoms with Gasteiger partial charge in [0, 0.05) is 5.92 Å². The zero-order valence-corrected chi connectivity index (χ0v) is 23.6. The van der Waals surface area contributed by atoms with E-state index in [1.165, 1.54) is 5.57 Å². The summed E-state index contributed by atoms with van der Waals surface area (Å²) in [6.45, 7) is 15.6. The van der Waals surface area contributed by atoms with E-state index in [4.69, 9.17) is 0 Å². The van der Waals surface area contributed by atoms with Gasteiger partial charge in [-0.05, 0) is 103 Å². The van der Waals surface area contributed by atoms with Crippen molar-refractivity contribution in [3.63, 3.8) is 0 Å². The summed E-state index contributed by atoms with van der Waals surface area (Å²) in [5.41, 5.74) is -0.552. The number of hydrogen-bond donors (Lipinski definition) is 4. The summed E-state index contributed by atoms with van der Waals surface area (Å²) < 4.78 is 0. The Morgan fingerprint density at radius 1 is 0.972 bits per heavy atom. The molecule has 0 aromatic rings. The van der Waals surface area contributed by atoms with Crippen molar-refractivity contribution in [1.82, 2.24) is 0 Å². The van der Waals surface area contributed by atoms with E-state index >= 15 is 0 Å². The van der Waals surface area contributed by atoms with Crippen molar-refractivity contribution in [3.8, 4) is 0 Å². The van der Waals surface area contributed by atoms with Crippen LogP contribution in [0, 0.1) is 50.7 Å². The molecule has 4 fully saturated rings. The van der Waals surface area contributed by atoms with Crippen LogP contribution in [0.25, 0.3) is 0 Å². The van der Waals surface area contributed by atoms with Crippen LogP contribution in [-0.2, 0) is 4.79 Å². The minimum absolute atomic E-state index is 0.00737. The van der Waals surface area contributed by atoms with E-state index in [1.807, 2.05) is 6.92 Å². The van der Waals surface area contributed by atoms with Gasteiger partial charge in [0.15, 0.2) is 0 Å². The van der Waals surface area contributed by atoms with Crippen LogP contribution in [0.1, 0.15) is 106 Å². The SMILES string of the molecule is C[C@@H]1CC[C@]2(CC(=O)O)CC[C@]3(C)C(=CCC4[C@@]5(C)C[C@@H](O)[C@@H](O)C(C)(C)C5CC[C@]43C)C2[C@]1(C)O. The number of aliphatic hydroxyl groups excluding tert-OH is 2. The van der Waals surface area contributed by atoms with E-state index in [0.717, 1.165) is 44.9 Å². The summed E-state index contributed by atoms with van der Waals surface area (Å²) in [7, 11) is 0. The molecule has 0 aliphatic heterocycles. The Hall–Kier alpha value is -0.910. The van der Waals surface area contributed by atoms with Crippen LogP contribution in [-0.4, -0.2) is 44.2 Å². The van der Waals surface area contributed by atoms with E-state index in [-0.39, 0.29) is 45.3 Å². The summed E-state index contributed by atoms with van der Waals surface area (Å²) in [6.07, 6.45) is 8.29. The third-order valence-electron chi connectivity index (χ3n) is 13.7. The highest BCUT2D eigenvalue weighted by atomic mass is 16.4. The van der Waals surface area contributed by atoms with Gasteiger partial charge in [0.05, 0.1) is 24.2 Å². The van der Waals surface area contributed by atoms with Crippen LogP contribution >= 0.6 is 0 Å². The van der Waals surface area contributed by atoms with Gasteiger partial charge in [-0.25, -0.2) is 0 Å². The average Bonchev–Trinajstić information content (AvgIpc) is 2.75. The van der Waals surface area contributed by atoms with E-state index < -0.39 is 23.8 Å². The Kier molecular flexibility index (Phi) is 5.80. The molecule has 4 saturated carbocycles. The van der Waals surface area contributed by atoms with Gasteiger partial charge in [-0.1, -0.05) is 53.2 Å². The number of aliphatic hydroxyl groups is 3. The van der Waals surface area contributed by atoms with Crippen LogP contribution in [0.15, 0.2) is 11.6 Å². The highest BCUT2D eigenvalue weighted by Gasteiger charge is 2.70. The Morgan fingerprint density at radius 2 is 1.64 bits per heavy atom. The van der Waals surface area contributed by atoms with E-state index in [9.17, 15) is 25.2 Å². The van der Waals surface area contributed by atoms with Gasteiger partial charge >= 0.3 is 5.97 Å². The van der Waals surface area contributed by atoms with Crippen LogP contribution in [0.5, 0.6) is 0 Å². The standard InChI is InChI=1S/C31H50O5/c1-18-10-13-31(17-23(33)34)15-14-28(5)19(24(31)30(18,7)36)8-9-22-27(4)16-20(32)25(35)26(2,3)21(27)11-12-29(22,28)6/h8,18,20-22,24-25,32,35-36H,9-17H2,1-7H3,(H,33,34)/t18-,20-,21?,22?,24?,25-,27+,28-,29-,30-,31-/m1/s1. The van der Waals surface area contributed by atoms with Gasteiger partial charge in [0.25, 0.3) is 0 Å². The van der Waals surface area contributed by atoms with Crippen LogP contribution in [0.4, 0.5) is 0 Å². The fourth-order valence-corrected chi connectivity index (χ4v) is 11.4. The van der Waals surface area contributed by atoms with Gasteiger partial charge in [-0.15, -0.1) is 0 Å². The Bertz CT molecular complexity index is 968. The molecule has 11 atom stereocenters. The normalized spacial score (nSPS) is 55.9. The second kappa shape index (κ2) is 7.82. The van der Waals surface area contributed by atoms with Gasteiger partial charge in [-0.3, -0.25) is 4.79 Å². The lowest BCUT2D eigenvalue weighted by molar-refractivity contribution is -0.236. The van der Waals surface area contributed by atoms with Crippen molar-refractivity contribution in [2.24, 2.45) is 50.7 Å². The van der Waals surface area contributed by atoms with Crippen LogP contribution < -0.4 is 0 Å². The molecule has 5 aliphatic carbocycles. The third kappa shape index (κ3) is 3.14. The quantitative estimate of drug-likeness (QED) is 0.370. The first-order valence-corrected chi connectivity index (χ1v) is 14.5. The topological polar surface area (TPSA) is 98.0 Å². The molecule has 5 rings (SSSR count). The molecule has 0 radical (unpaired) electrons. The zero-order valence-electron chi connectivity index (χ0n) is 23.6. The molecule has 0 aromatic heterocycles. The molecule has 5 nitrogen and oxygen atoms in total. The highest BCUT2D eigenvalue weighted by Crippen LogP contribution is 2.76. The lowest BCUT2D eigenvalue weighted by Crippen LogP contribution is -2.68. The lowest BCUT2D eigenvalue weighted by Gasteiger charge is -2.72. The molecule has 3 unspecified atom stereocenters.